The zero-order valence-electron chi connectivity index (χ0n) is 39.5. The molecule has 6 heteroatoms. The highest BCUT2D eigenvalue weighted by molar-refractivity contribution is 5.71. The Morgan fingerprint density at radius 2 is 0.603 bits per heavy atom. The van der Waals surface area contributed by atoms with Crippen molar-refractivity contribution in [2.45, 2.75) is 297 Å². The Morgan fingerprint density at radius 1 is 0.345 bits per heavy atom. The molecule has 0 fully saturated rings. The minimum absolute atomic E-state index is 0.0628. The fourth-order valence-corrected chi connectivity index (χ4v) is 7.83. The van der Waals surface area contributed by atoms with E-state index < -0.39 is 6.10 Å². The average molecular weight is 821 g/mol. The van der Waals surface area contributed by atoms with Crippen LogP contribution in [0.5, 0.6) is 0 Å². The molecule has 0 bridgehead atoms. The van der Waals surface area contributed by atoms with Crippen LogP contribution in [0.3, 0.4) is 0 Å². The first-order chi connectivity index (χ1) is 28.4. The van der Waals surface area contributed by atoms with Gasteiger partial charge in [-0.1, -0.05) is 252 Å². The summed E-state index contributed by atoms with van der Waals surface area (Å²) in [6, 6.07) is 0. The monoisotopic (exact) mass is 821 g/mol. The van der Waals surface area contributed by atoms with Gasteiger partial charge in [0.05, 0.1) is 0 Å². The van der Waals surface area contributed by atoms with Crippen molar-refractivity contribution >= 4 is 17.9 Å². The average Bonchev–Trinajstić information content (AvgIpc) is 3.22. The fourth-order valence-electron chi connectivity index (χ4n) is 7.83. The molecule has 0 radical (unpaired) electrons. The summed E-state index contributed by atoms with van der Waals surface area (Å²) in [6.07, 6.45) is 47.9. The SMILES string of the molecule is CCCCCCCCCCCCCCCC(=O)OC[C@@H](COC(=O)CCCCCCCCCCC)OC(=O)CCCCCCCCCCCCCCCCC(C)CC. The number of carbonyl (C=O) groups excluding carboxylic acids is 3. The first kappa shape index (κ1) is 56.4. The second kappa shape index (κ2) is 46.5. The summed E-state index contributed by atoms with van der Waals surface area (Å²) >= 11 is 0. The lowest BCUT2D eigenvalue weighted by Crippen LogP contribution is -2.30. The van der Waals surface area contributed by atoms with Crippen LogP contribution >= 0.6 is 0 Å². The van der Waals surface area contributed by atoms with E-state index in [2.05, 4.69) is 27.7 Å². The van der Waals surface area contributed by atoms with Gasteiger partial charge in [0.2, 0.25) is 0 Å². The van der Waals surface area contributed by atoms with E-state index in [1.807, 2.05) is 0 Å². The van der Waals surface area contributed by atoms with E-state index in [1.54, 1.807) is 0 Å². The predicted octanol–water partition coefficient (Wildman–Crippen LogP) is 16.7. The minimum Gasteiger partial charge on any atom is -0.462 e. The van der Waals surface area contributed by atoms with E-state index in [0.717, 1.165) is 63.7 Å². The molecule has 0 aliphatic heterocycles. The number of ether oxygens (including phenoxy) is 3. The van der Waals surface area contributed by atoms with Gasteiger partial charge < -0.3 is 14.2 Å². The van der Waals surface area contributed by atoms with Crippen molar-refractivity contribution in [2.24, 2.45) is 5.92 Å². The van der Waals surface area contributed by atoms with E-state index in [9.17, 15) is 14.4 Å². The summed E-state index contributed by atoms with van der Waals surface area (Å²) in [5.74, 6) is 0.0477. The second-order valence-corrected chi connectivity index (χ2v) is 18.1. The van der Waals surface area contributed by atoms with Crippen LogP contribution in [0, 0.1) is 5.92 Å². The summed E-state index contributed by atoms with van der Waals surface area (Å²) in [6.45, 7) is 9.05. The van der Waals surface area contributed by atoms with Gasteiger partial charge in [-0.15, -0.1) is 0 Å². The summed E-state index contributed by atoms with van der Waals surface area (Å²) in [7, 11) is 0. The maximum absolute atomic E-state index is 12.8. The summed E-state index contributed by atoms with van der Waals surface area (Å²) in [5, 5.41) is 0. The Labute approximate surface area is 361 Å². The van der Waals surface area contributed by atoms with Crippen molar-refractivity contribution in [2.75, 3.05) is 13.2 Å². The zero-order chi connectivity index (χ0) is 42.4. The lowest BCUT2D eigenvalue weighted by Gasteiger charge is -2.18. The molecule has 0 saturated heterocycles. The molecule has 0 heterocycles. The van der Waals surface area contributed by atoms with Gasteiger partial charge in [-0.2, -0.15) is 0 Å². The van der Waals surface area contributed by atoms with Crippen LogP contribution < -0.4 is 0 Å². The first-order valence-electron chi connectivity index (χ1n) is 25.9. The molecule has 0 spiro atoms. The first-order valence-corrected chi connectivity index (χ1v) is 25.9. The van der Waals surface area contributed by atoms with Gasteiger partial charge in [0, 0.05) is 19.3 Å². The highest BCUT2D eigenvalue weighted by Gasteiger charge is 2.19. The maximum Gasteiger partial charge on any atom is 0.306 e. The van der Waals surface area contributed by atoms with Crippen molar-refractivity contribution in [1.82, 2.24) is 0 Å². The number of unbranched alkanes of at least 4 members (excludes halogenated alkanes) is 33. The Kier molecular flexibility index (Phi) is 45.2. The molecule has 0 aromatic carbocycles. The van der Waals surface area contributed by atoms with E-state index >= 15 is 0 Å². The smallest absolute Gasteiger partial charge is 0.306 e. The van der Waals surface area contributed by atoms with Crippen LogP contribution in [0.25, 0.3) is 0 Å². The molecule has 58 heavy (non-hydrogen) atoms. The summed E-state index contributed by atoms with van der Waals surface area (Å²) < 4.78 is 16.8. The third-order valence-electron chi connectivity index (χ3n) is 12.2. The van der Waals surface area contributed by atoms with Crippen molar-refractivity contribution in [3.8, 4) is 0 Å². The van der Waals surface area contributed by atoms with Crippen LogP contribution in [0.2, 0.25) is 0 Å². The topological polar surface area (TPSA) is 78.9 Å². The number of hydrogen-bond donors (Lipinski definition) is 0. The third kappa shape index (κ3) is 44.0. The number of hydrogen-bond acceptors (Lipinski definition) is 6. The zero-order valence-corrected chi connectivity index (χ0v) is 39.5. The Hall–Kier alpha value is -1.59. The number of esters is 3. The van der Waals surface area contributed by atoms with Crippen LogP contribution in [-0.4, -0.2) is 37.2 Å². The van der Waals surface area contributed by atoms with Gasteiger partial charge in [-0.3, -0.25) is 14.4 Å². The summed E-state index contributed by atoms with van der Waals surface area (Å²) in [5.41, 5.74) is 0. The van der Waals surface area contributed by atoms with E-state index in [1.165, 1.54) is 186 Å². The highest BCUT2D eigenvalue weighted by Crippen LogP contribution is 2.18. The Morgan fingerprint density at radius 3 is 0.897 bits per heavy atom. The van der Waals surface area contributed by atoms with Gasteiger partial charge in [0.1, 0.15) is 13.2 Å². The minimum atomic E-state index is -0.759. The molecular formula is C52H100O6. The van der Waals surface area contributed by atoms with Crippen LogP contribution in [0.4, 0.5) is 0 Å². The molecule has 0 aromatic rings. The van der Waals surface area contributed by atoms with Crippen LogP contribution in [0.1, 0.15) is 291 Å². The Bertz CT molecular complexity index is 874. The lowest BCUT2D eigenvalue weighted by atomic mass is 9.99. The third-order valence-corrected chi connectivity index (χ3v) is 12.2. The maximum atomic E-state index is 12.8. The van der Waals surface area contributed by atoms with Gasteiger partial charge >= 0.3 is 17.9 Å². The van der Waals surface area contributed by atoms with E-state index in [-0.39, 0.29) is 31.1 Å². The molecular weight excluding hydrogens is 721 g/mol. The molecule has 2 atom stereocenters. The predicted molar refractivity (Wildman–Crippen MR) is 247 cm³/mol. The molecule has 344 valence electrons. The quantitative estimate of drug-likeness (QED) is 0.0346. The van der Waals surface area contributed by atoms with Crippen molar-refractivity contribution < 1.29 is 28.6 Å². The van der Waals surface area contributed by atoms with Gasteiger partial charge in [-0.05, 0) is 25.2 Å². The van der Waals surface area contributed by atoms with Crippen LogP contribution in [0.15, 0.2) is 0 Å². The second-order valence-electron chi connectivity index (χ2n) is 18.1. The largest absolute Gasteiger partial charge is 0.462 e. The van der Waals surface area contributed by atoms with Crippen molar-refractivity contribution in [1.29, 1.82) is 0 Å². The molecule has 0 aromatic heterocycles. The van der Waals surface area contributed by atoms with E-state index in [4.69, 9.17) is 14.2 Å². The Balaban J connectivity index is 4.25. The van der Waals surface area contributed by atoms with Crippen LogP contribution in [-0.2, 0) is 28.6 Å². The normalized spacial score (nSPS) is 12.4. The molecule has 0 N–H and O–H groups in total. The van der Waals surface area contributed by atoms with Crippen molar-refractivity contribution in [3.63, 3.8) is 0 Å². The number of carbonyl (C=O) groups is 3. The number of rotatable bonds is 47. The van der Waals surface area contributed by atoms with Gasteiger partial charge in [-0.25, -0.2) is 0 Å². The van der Waals surface area contributed by atoms with Gasteiger partial charge in [0.25, 0.3) is 0 Å². The summed E-state index contributed by atoms with van der Waals surface area (Å²) in [4.78, 5) is 37.8. The standard InChI is InChI=1S/C52H100O6/c1-5-8-10-12-14-16-17-20-24-28-32-36-40-44-51(54)57-47-49(46-56-50(53)43-39-35-31-26-15-13-11-9-6-2)58-52(55)45-41-37-33-29-25-22-19-18-21-23-27-30-34-38-42-48(4)7-3/h48-49H,5-47H2,1-4H3/t48?,49-/m1/s1. The van der Waals surface area contributed by atoms with E-state index in [0.29, 0.717) is 19.3 Å². The molecule has 0 amide bonds. The van der Waals surface area contributed by atoms with Gasteiger partial charge in [0.15, 0.2) is 6.10 Å². The highest BCUT2D eigenvalue weighted by atomic mass is 16.6. The lowest BCUT2D eigenvalue weighted by molar-refractivity contribution is -0.167. The van der Waals surface area contributed by atoms with Crippen molar-refractivity contribution in [3.05, 3.63) is 0 Å². The fraction of sp³-hybridized carbons (Fsp3) is 0.942. The molecule has 0 rings (SSSR count). The molecule has 0 aliphatic rings. The molecule has 0 aliphatic carbocycles. The molecule has 0 saturated carbocycles. The molecule has 1 unspecified atom stereocenters. The molecule has 6 nitrogen and oxygen atoms in total.